The number of benzene rings is 10. The summed E-state index contributed by atoms with van der Waals surface area (Å²) in [6.07, 6.45) is 3.37. The van der Waals surface area contributed by atoms with Crippen LogP contribution in [0.4, 0.5) is 0 Å². The van der Waals surface area contributed by atoms with Gasteiger partial charge in [0.2, 0.25) is 23.6 Å². The minimum atomic E-state index is -1.09. The molecule has 0 heterocycles. The maximum Gasteiger partial charge on any atom is 0.317 e. The Morgan fingerprint density at radius 1 is 0.414 bits per heavy atom. The van der Waals surface area contributed by atoms with Crippen LogP contribution in [0.15, 0.2) is 243 Å². The number of carbonyl (C=O) groups excluding carboxylic acids is 8. The quantitative estimate of drug-likeness (QED) is 0.00952. The molecular formula is C92H94N4O20. The molecule has 4 amide bonds. The highest BCUT2D eigenvalue weighted by molar-refractivity contribution is 5.99. The van der Waals surface area contributed by atoms with Crippen molar-refractivity contribution in [1.29, 1.82) is 0 Å². The van der Waals surface area contributed by atoms with Gasteiger partial charge < -0.3 is 38.3 Å². The molecule has 4 saturated carbocycles. The third kappa shape index (κ3) is 19.2. The van der Waals surface area contributed by atoms with Crippen molar-refractivity contribution in [2.75, 3.05) is 34.0 Å². The van der Waals surface area contributed by atoms with E-state index in [0.29, 0.717) is 72.8 Å². The van der Waals surface area contributed by atoms with E-state index in [0.717, 1.165) is 50.8 Å². The van der Waals surface area contributed by atoms with E-state index in [1.165, 1.54) is 30.9 Å². The third-order valence-electron chi connectivity index (χ3n) is 22.0. The molecule has 24 nitrogen and oxygen atoms in total. The summed E-state index contributed by atoms with van der Waals surface area (Å²) in [6, 6.07) is 77.0. The Bertz CT molecular complexity index is 5080. The zero-order chi connectivity index (χ0) is 82.7. The van der Waals surface area contributed by atoms with Gasteiger partial charge in [-0.25, -0.2) is 21.9 Å². The number of ether oxygens (including phenoxy) is 7. The van der Waals surface area contributed by atoms with Crippen LogP contribution in [0.3, 0.4) is 0 Å². The molecule has 0 radical (unpaired) electrons. The van der Waals surface area contributed by atoms with E-state index < -0.39 is 92.8 Å². The second-order valence-corrected chi connectivity index (χ2v) is 29.1. The summed E-state index contributed by atoms with van der Waals surface area (Å²) in [6.45, 7) is 8.47. The summed E-state index contributed by atoms with van der Waals surface area (Å²) in [5.41, 5.74) is 12.0. The first-order chi connectivity index (χ1) is 56.1. The molecule has 0 aromatic heterocycles. The first-order valence-electron chi connectivity index (χ1n) is 38.2. The Balaban J connectivity index is 0.000000153. The number of esters is 4. The van der Waals surface area contributed by atoms with Gasteiger partial charge in [-0.3, -0.25) is 59.2 Å². The molecule has 116 heavy (non-hydrogen) atoms. The average Bonchev–Trinajstić information content (AvgIpc) is 1.57. The fraction of sp³-hybridized carbons (Fsp3) is 0.283. The number of aromatic hydroxyl groups is 1. The van der Waals surface area contributed by atoms with Crippen molar-refractivity contribution in [3.05, 3.63) is 298 Å². The van der Waals surface area contributed by atoms with Crippen molar-refractivity contribution in [1.82, 2.24) is 21.9 Å². The highest BCUT2D eigenvalue weighted by Gasteiger charge is 2.68. The van der Waals surface area contributed by atoms with Crippen LogP contribution < -0.4 is 36.1 Å². The minimum Gasteiger partial charge on any atom is -0.508 e. The molecule has 602 valence electrons. The molecule has 8 atom stereocenters. The Labute approximate surface area is 671 Å². The molecule has 0 bridgehead atoms. The smallest absolute Gasteiger partial charge is 0.317 e. The van der Waals surface area contributed by atoms with Gasteiger partial charge in [-0.1, -0.05) is 188 Å². The van der Waals surface area contributed by atoms with Gasteiger partial charge in [-0.2, -0.15) is 0 Å². The largest absolute Gasteiger partial charge is 0.508 e. The van der Waals surface area contributed by atoms with Crippen molar-refractivity contribution < 1.29 is 97.4 Å². The second-order valence-electron chi connectivity index (χ2n) is 29.1. The van der Waals surface area contributed by atoms with E-state index in [2.05, 4.69) is 49.4 Å². The predicted molar refractivity (Wildman–Crippen MR) is 427 cm³/mol. The molecule has 10 aromatic rings. The molecule has 0 spiro atoms. The molecule has 0 aliphatic heterocycles. The number of hydrogen-bond acceptors (Lipinski definition) is 20. The van der Waals surface area contributed by atoms with Crippen LogP contribution in [-0.2, 0) is 93.8 Å². The highest BCUT2D eigenvalue weighted by Crippen LogP contribution is 2.59. The molecule has 4 aliphatic rings. The zero-order valence-electron chi connectivity index (χ0n) is 65.1. The summed E-state index contributed by atoms with van der Waals surface area (Å²) < 4.78 is 38.1. The molecule has 4 fully saturated rings. The fourth-order valence-electron chi connectivity index (χ4n) is 15.2. The molecule has 0 saturated heterocycles. The number of hydroxylamine groups is 4. The van der Waals surface area contributed by atoms with E-state index in [1.807, 2.05) is 146 Å². The van der Waals surface area contributed by atoms with E-state index in [9.17, 15) is 43.5 Å². The molecule has 24 heteroatoms. The summed E-state index contributed by atoms with van der Waals surface area (Å²) in [4.78, 5) is 97.4. The lowest BCUT2D eigenvalue weighted by Gasteiger charge is -2.19. The molecule has 4 aliphatic carbocycles. The first kappa shape index (κ1) is 84.2. The normalized spacial score (nSPS) is 20.1. The topological polar surface area (TPSA) is 350 Å². The number of phenols is 1. The first-order valence-corrected chi connectivity index (χ1v) is 38.2. The van der Waals surface area contributed by atoms with Crippen molar-refractivity contribution in [2.45, 2.75) is 95.8 Å². The Morgan fingerprint density at radius 2 is 0.836 bits per heavy atom. The van der Waals surface area contributed by atoms with Gasteiger partial charge in [0.15, 0.2) is 0 Å². The van der Waals surface area contributed by atoms with Gasteiger partial charge in [0.1, 0.15) is 45.3 Å². The number of methoxy groups -OCH3 is 2. The van der Waals surface area contributed by atoms with Crippen molar-refractivity contribution >= 4 is 58.3 Å². The Hall–Kier alpha value is -12.7. The number of phenolic OH excluding ortho intramolecular Hbond substituents is 1. The maximum absolute atomic E-state index is 12.6. The van der Waals surface area contributed by atoms with Crippen LogP contribution in [0.25, 0.3) is 10.8 Å². The summed E-state index contributed by atoms with van der Waals surface area (Å²) >= 11 is 0. The van der Waals surface area contributed by atoms with Gasteiger partial charge in [0, 0.05) is 12.3 Å². The number of nitrogens with one attached hydrogen (secondary N) is 4. The van der Waals surface area contributed by atoms with Gasteiger partial charge in [-0.15, -0.1) is 0 Å². The van der Waals surface area contributed by atoms with Crippen LogP contribution in [0, 0.1) is 41.4 Å². The lowest BCUT2D eigenvalue weighted by molar-refractivity contribution is -0.152. The maximum atomic E-state index is 12.6. The monoisotopic (exact) mass is 1570 g/mol. The summed E-state index contributed by atoms with van der Waals surface area (Å²) in [5.74, 6) is -3.26. The number of rotatable bonds is 28. The van der Waals surface area contributed by atoms with Gasteiger partial charge >= 0.3 is 23.9 Å². The SMILES string of the molecule is CCOC(=O)[C@@]1(Cc2ccc(O)c(Cc3cccc4ccccc34)c2)C[C@@H]1C(=O)NO.CCOC(=O)[C@@]1(Cc2ccc(OCC(c3ccccc3)c3ccccc3)cc2)C[C@@H]1C(=O)NO.CCc1ccc(Oc2cccc([C@@]3(C(=O)OC)C[C@H]3C(=O)NO)c2)cc1.COC(=O)[C@]1(c2cccc(Oc3ccc(C)cc3)c2)C[C@H]1C(=O)NO. The number of hydrogen-bond donors (Lipinski definition) is 9. The lowest BCUT2D eigenvalue weighted by atomic mass is 9.91. The van der Waals surface area contributed by atoms with Crippen molar-refractivity contribution in [2.24, 2.45) is 34.5 Å². The summed E-state index contributed by atoms with van der Waals surface area (Å²) in [7, 11) is 2.56. The van der Waals surface area contributed by atoms with Gasteiger partial charge in [0.05, 0.1) is 68.5 Å². The molecule has 14 rings (SSSR count). The van der Waals surface area contributed by atoms with E-state index in [4.69, 9.17) is 54.0 Å². The van der Waals surface area contributed by atoms with E-state index in [-0.39, 0.29) is 37.7 Å². The van der Waals surface area contributed by atoms with Crippen molar-refractivity contribution in [3.63, 3.8) is 0 Å². The third-order valence-corrected chi connectivity index (χ3v) is 22.0. The number of fused-ring (bicyclic) bond motifs is 1. The summed E-state index contributed by atoms with van der Waals surface area (Å²) in [5, 5.41) is 48.5. The van der Waals surface area contributed by atoms with E-state index >= 15 is 0 Å². The second kappa shape index (κ2) is 37.9. The minimum absolute atomic E-state index is 0.0957. The molecule has 10 aromatic carbocycles. The van der Waals surface area contributed by atoms with Crippen LogP contribution in [0.5, 0.6) is 34.5 Å². The standard InChI is InChI=1S/C28H29NO5.C25H25NO5.C20H21NO5.C19H19NO5/c1-2-33-27(31)28(18-25(28)26(30)29-32)17-20-13-15-23(16-14-20)34-19-24(21-9-5-3-6-10-21)22-11-7-4-8-12-22;1-2-31-24(29)25(15-21(25)23(28)26-30)14-16-10-11-22(27)19(12-16)13-18-8-5-7-17-6-3-4-9-20(17)18;1-3-13-7-9-15(10-8-13)26-16-6-4-5-14(11-16)20(19(23)25-2)12-17(20)18(22)21-24;1-12-6-8-14(9-7-12)25-15-5-3-4-13(10-15)19(18(22)24-2)11-16(19)17(21)20-23/h3-16,24-25,32H,2,17-19H2,1H3,(H,29,30);3-12,21,27,30H,2,13-15H2,1H3,(H,26,28);4-11,17,24H,3,12H2,1-2H3,(H,21,22);3-10,16,23H,11H2,1-2H3,(H,20,21)/t25-,28+;21-,25+;17-,20-;16-,19-/m1100/s1. The molecule has 9 N–H and O–H groups in total. The fourth-order valence-corrected chi connectivity index (χ4v) is 15.2. The van der Waals surface area contributed by atoms with Crippen molar-refractivity contribution in [3.8, 4) is 34.5 Å². The molecule has 0 unspecified atom stereocenters. The van der Waals surface area contributed by atoms with Crippen LogP contribution in [0.2, 0.25) is 0 Å². The van der Waals surface area contributed by atoms with Gasteiger partial charge in [-0.05, 0) is 193 Å². The van der Waals surface area contributed by atoms with Gasteiger partial charge in [0.25, 0.3) is 0 Å². The Kier molecular flexibility index (Phi) is 27.5. The molecular weight excluding hydrogens is 1480 g/mol. The lowest BCUT2D eigenvalue weighted by Crippen LogP contribution is -2.31. The number of amides is 4. The highest BCUT2D eigenvalue weighted by atomic mass is 16.5. The predicted octanol–water partition coefficient (Wildman–Crippen LogP) is 14.0. The number of aryl methyl sites for hydroxylation is 2. The van der Waals surface area contributed by atoms with Crippen LogP contribution in [-0.4, -0.2) is 107 Å². The van der Waals surface area contributed by atoms with E-state index in [1.54, 1.807) is 96.4 Å². The Morgan fingerprint density at radius 3 is 1.31 bits per heavy atom. The average molecular weight is 1580 g/mol. The number of carbonyl (C=O) groups is 8. The zero-order valence-corrected chi connectivity index (χ0v) is 65.1. The van der Waals surface area contributed by atoms with Crippen LogP contribution >= 0.6 is 0 Å². The van der Waals surface area contributed by atoms with Crippen LogP contribution in [0.1, 0.15) is 108 Å².